The molecule has 0 bridgehead atoms. The van der Waals surface area contributed by atoms with Crippen molar-refractivity contribution < 1.29 is 0 Å². The minimum atomic E-state index is 0.760. The smallest absolute Gasteiger partial charge is 0.0241 e. The molecule has 2 aliphatic rings. The second-order valence-electron chi connectivity index (χ2n) is 5.51. The van der Waals surface area contributed by atoms with Crippen LogP contribution in [0.5, 0.6) is 0 Å². The lowest BCUT2D eigenvalue weighted by Gasteiger charge is -2.38. The molecule has 0 radical (unpaired) electrons. The van der Waals surface area contributed by atoms with Crippen LogP contribution in [0.25, 0.3) is 0 Å². The third kappa shape index (κ3) is 2.58. The molecule has 94 valence electrons. The van der Waals surface area contributed by atoms with Gasteiger partial charge in [-0.2, -0.15) is 0 Å². The van der Waals surface area contributed by atoms with Crippen LogP contribution in [-0.4, -0.2) is 61.2 Å². The van der Waals surface area contributed by atoms with Gasteiger partial charge in [0.1, 0.15) is 0 Å². The SMILES string of the molecule is CCN(C1CCCNC1)C1CC(C)N(C)C1. The second-order valence-corrected chi connectivity index (χ2v) is 5.51. The minimum Gasteiger partial charge on any atom is -0.315 e. The van der Waals surface area contributed by atoms with Crippen LogP contribution in [0.15, 0.2) is 0 Å². The van der Waals surface area contributed by atoms with Crippen LogP contribution in [-0.2, 0) is 0 Å². The van der Waals surface area contributed by atoms with Crippen LogP contribution in [0.4, 0.5) is 0 Å². The standard InChI is InChI=1S/C13H27N3/c1-4-16(12-6-5-7-14-9-12)13-8-11(2)15(3)10-13/h11-14H,4-10H2,1-3H3. The van der Waals surface area contributed by atoms with Crippen molar-refractivity contribution in [2.45, 2.75) is 51.2 Å². The van der Waals surface area contributed by atoms with E-state index in [1.807, 2.05) is 0 Å². The Kier molecular flexibility index (Phi) is 4.22. The van der Waals surface area contributed by atoms with Crippen molar-refractivity contribution in [3.8, 4) is 0 Å². The first kappa shape index (κ1) is 12.3. The Bertz CT molecular complexity index is 203. The molecule has 3 nitrogen and oxygen atoms in total. The summed E-state index contributed by atoms with van der Waals surface area (Å²) < 4.78 is 0. The molecule has 0 spiro atoms. The summed E-state index contributed by atoms with van der Waals surface area (Å²) in [6, 6.07) is 2.33. The first-order valence-electron chi connectivity index (χ1n) is 6.89. The van der Waals surface area contributed by atoms with E-state index in [4.69, 9.17) is 0 Å². The maximum absolute atomic E-state index is 3.54. The molecule has 2 aliphatic heterocycles. The number of piperidine rings is 1. The predicted molar refractivity (Wildman–Crippen MR) is 68.8 cm³/mol. The van der Waals surface area contributed by atoms with Crippen LogP contribution in [0.1, 0.15) is 33.1 Å². The van der Waals surface area contributed by atoms with Crippen molar-refractivity contribution in [2.75, 3.05) is 33.2 Å². The number of likely N-dealkylation sites (tertiary alicyclic amines) is 1. The highest BCUT2D eigenvalue weighted by Crippen LogP contribution is 2.23. The summed E-state index contributed by atoms with van der Waals surface area (Å²) in [5.41, 5.74) is 0. The zero-order chi connectivity index (χ0) is 11.5. The van der Waals surface area contributed by atoms with Crippen molar-refractivity contribution >= 4 is 0 Å². The summed E-state index contributed by atoms with van der Waals surface area (Å²) in [6.07, 6.45) is 4.08. The quantitative estimate of drug-likeness (QED) is 0.777. The molecule has 2 rings (SSSR count). The van der Waals surface area contributed by atoms with E-state index >= 15 is 0 Å². The van der Waals surface area contributed by atoms with Crippen LogP contribution in [0, 0.1) is 0 Å². The van der Waals surface area contributed by atoms with Gasteiger partial charge >= 0.3 is 0 Å². The first-order valence-corrected chi connectivity index (χ1v) is 6.89. The summed E-state index contributed by atoms with van der Waals surface area (Å²) >= 11 is 0. The Morgan fingerprint density at radius 1 is 1.38 bits per heavy atom. The van der Waals surface area contributed by atoms with Gasteiger partial charge in [-0.15, -0.1) is 0 Å². The van der Waals surface area contributed by atoms with Gasteiger partial charge in [-0.3, -0.25) is 4.90 Å². The summed E-state index contributed by atoms with van der Waals surface area (Å²) in [5.74, 6) is 0. The largest absolute Gasteiger partial charge is 0.315 e. The maximum atomic E-state index is 3.54. The van der Waals surface area contributed by atoms with Crippen molar-refractivity contribution in [1.82, 2.24) is 15.1 Å². The molecule has 2 saturated heterocycles. The minimum absolute atomic E-state index is 0.760. The molecule has 2 fully saturated rings. The number of rotatable bonds is 3. The van der Waals surface area contributed by atoms with E-state index in [0.717, 1.165) is 18.1 Å². The lowest BCUT2D eigenvalue weighted by Crippen LogP contribution is -2.51. The molecule has 0 aliphatic carbocycles. The van der Waals surface area contributed by atoms with E-state index in [1.165, 1.54) is 45.4 Å². The van der Waals surface area contributed by atoms with Crippen molar-refractivity contribution in [3.05, 3.63) is 0 Å². The summed E-state index contributed by atoms with van der Waals surface area (Å²) in [4.78, 5) is 5.25. The highest BCUT2D eigenvalue weighted by atomic mass is 15.3. The number of likely N-dealkylation sites (N-methyl/N-ethyl adjacent to an activating group) is 2. The number of nitrogens with zero attached hydrogens (tertiary/aromatic N) is 2. The van der Waals surface area contributed by atoms with E-state index in [0.29, 0.717) is 0 Å². The van der Waals surface area contributed by atoms with Crippen LogP contribution in [0.3, 0.4) is 0 Å². The van der Waals surface area contributed by atoms with Gasteiger partial charge in [0.2, 0.25) is 0 Å². The molecular formula is C13H27N3. The van der Waals surface area contributed by atoms with Crippen LogP contribution < -0.4 is 5.32 Å². The molecule has 3 unspecified atom stereocenters. The molecule has 0 saturated carbocycles. The van der Waals surface area contributed by atoms with Gasteiger partial charge in [0.25, 0.3) is 0 Å². The predicted octanol–water partition coefficient (Wildman–Crippen LogP) is 1.15. The Balaban J connectivity index is 1.93. The monoisotopic (exact) mass is 225 g/mol. The van der Waals surface area contributed by atoms with Gasteiger partial charge in [0, 0.05) is 31.2 Å². The molecular weight excluding hydrogens is 198 g/mol. The van der Waals surface area contributed by atoms with Gasteiger partial charge in [0.05, 0.1) is 0 Å². The Labute approximate surface area is 100 Å². The first-order chi connectivity index (χ1) is 7.72. The average Bonchev–Trinajstić information content (AvgIpc) is 2.61. The summed E-state index contributed by atoms with van der Waals surface area (Å²) in [5, 5.41) is 3.54. The maximum Gasteiger partial charge on any atom is 0.0241 e. The molecule has 0 aromatic rings. The zero-order valence-corrected chi connectivity index (χ0v) is 11.1. The van der Waals surface area contributed by atoms with Gasteiger partial charge in [0.15, 0.2) is 0 Å². The fourth-order valence-corrected chi connectivity index (χ4v) is 3.33. The number of hydrogen-bond donors (Lipinski definition) is 1. The van der Waals surface area contributed by atoms with Crippen molar-refractivity contribution in [2.24, 2.45) is 0 Å². The van der Waals surface area contributed by atoms with Gasteiger partial charge < -0.3 is 10.2 Å². The fraction of sp³-hybridized carbons (Fsp3) is 1.00. The topological polar surface area (TPSA) is 18.5 Å². The molecule has 16 heavy (non-hydrogen) atoms. The summed E-state index contributed by atoms with van der Waals surface area (Å²) in [6.45, 7) is 9.55. The van der Waals surface area contributed by atoms with Crippen molar-refractivity contribution in [1.29, 1.82) is 0 Å². The van der Waals surface area contributed by atoms with E-state index in [1.54, 1.807) is 0 Å². The Morgan fingerprint density at radius 2 is 2.19 bits per heavy atom. The average molecular weight is 225 g/mol. The molecule has 1 N–H and O–H groups in total. The molecule has 2 heterocycles. The Hall–Kier alpha value is -0.120. The van der Waals surface area contributed by atoms with E-state index in [-0.39, 0.29) is 0 Å². The highest BCUT2D eigenvalue weighted by molar-refractivity contribution is 4.91. The second kappa shape index (κ2) is 5.48. The number of nitrogens with one attached hydrogen (secondary N) is 1. The van der Waals surface area contributed by atoms with Gasteiger partial charge in [-0.1, -0.05) is 6.92 Å². The lowest BCUT2D eigenvalue weighted by atomic mass is 10.0. The third-order valence-electron chi connectivity index (χ3n) is 4.44. The molecule has 0 aromatic heterocycles. The van der Waals surface area contributed by atoms with Crippen LogP contribution >= 0.6 is 0 Å². The molecule has 3 heteroatoms. The van der Waals surface area contributed by atoms with Gasteiger partial charge in [-0.05, 0) is 46.3 Å². The zero-order valence-electron chi connectivity index (χ0n) is 11.1. The highest BCUT2D eigenvalue weighted by Gasteiger charge is 2.33. The molecule has 0 amide bonds. The van der Waals surface area contributed by atoms with Crippen LogP contribution in [0.2, 0.25) is 0 Å². The molecule has 0 aromatic carbocycles. The fourth-order valence-electron chi connectivity index (χ4n) is 3.33. The number of hydrogen-bond acceptors (Lipinski definition) is 3. The van der Waals surface area contributed by atoms with Crippen molar-refractivity contribution in [3.63, 3.8) is 0 Å². The molecule has 3 atom stereocenters. The van der Waals surface area contributed by atoms with Gasteiger partial charge in [-0.25, -0.2) is 0 Å². The lowest BCUT2D eigenvalue weighted by molar-refractivity contribution is 0.122. The van der Waals surface area contributed by atoms with E-state index in [2.05, 4.69) is 36.0 Å². The van der Waals surface area contributed by atoms with E-state index in [9.17, 15) is 0 Å². The van der Waals surface area contributed by atoms with E-state index < -0.39 is 0 Å². The summed E-state index contributed by atoms with van der Waals surface area (Å²) in [7, 11) is 2.26. The Morgan fingerprint density at radius 3 is 2.69 bits per heavy atom. The normalized spacial score (nSPS) is 37.1. The third-order valence-corrected chi connectivity index (χ3v) is 4.44.